The molecule has 0 bridgehead atoms. The smallest absolute Gasteiger partial charge is 0.372 e. The Hall–Kier alpha value is -1.21. The Bertz CT molecular complexity index is 382. The molecule has 0 saturated heterocycles. The quantitative estimate of drug-likeness (QED) is 0.792. The lowest BCUT2D eigenvalue weighted by atomic mass is 10.2. The molecule has 0 fully saturated rings. The van der Waals surface area contributed by atoms with Crippen molar-refractivity contribution < 1.29 is 17.9 Å². The Kier molecular flexibility index (Phi) is 5.49. The molecule has 0 amide bonds. The van der Waals surface area contributed by atoms with Crippen LogP contribution in [-0.2, 0) is 17.7 Å². The molecule has 18 heavy (non-hydrogen) atoms. The number of hydrogen-bond acceptors (Lipinski definition) is 4. The molecule has 1 aromatic heterocycles. The lowest BCUT2D eigenvalue weighted by Crippen LogP contribution is -2.18. The Balaban J connectivity index is 2.45. The number of hydrogen-bond donors (Lipinski definition) is 1. The highest BCUT2D eigenvalue weighted by atomic mass is 19.4. The summed E-state index contributed by atoms with van der Waals surface area (Å²) in [7, 11) is 1.80. The molecule has 7 heteroatoms. The first-order valence-electron chi connectivity index (χ1n) is 5.53. The first-order valence-corrected chi connectivity index (χ1v) is 5.53. The Morgan fingerprint density at radius 1 is 1.39 bits per heavy atom. The van der Waals surface area contributed by atoms with E-state index in [4.69, 9.17) is 0 Å². The predicted octanol–water partition coefficient (Wildman–Crippen LogP) is 1.63. The summed E-state index contributed by atoms with van der Waals surface area (Å²) in [5.74, 6) is 0.494. The van der Waals surface area contributed by atoms with Crippen LogP contribution in [0, 0.1) is 6.92 Å². The van der Waals surface area contributed by atoms with E-state index in [9.17, 15) is 13.2 Å². The van der Waals surface area contributed by atoms with Gasteiger partial charge in [0.15, 0.2) is 0 Å². The summed E-state index contributed by atoms with van der Waals surface area (Å²) >= 11 is 0. The second-order valence-electron chi connectivity index (χ2n) is 3.86. The highest BCUT2D eigenvalue weighted by molar-refractivity contribution is 5.15. The van der Waals surface area contributed by atoms with Crippen LogP contribution in [0.3, 0.4) is 0 Å². The number of nitrogens with one attached hydrogen (secondary N) is 1. The molecule has 0 saturated carbocycles. The van der Waals surface area contributed by atoms with Gasteiger partial charge in [-0.15, -0.1) is 0 Å². The molecule has 0 aliphatic carbocycles. The van der Waals surface area contributed by atoms with Crippen molar-refractivity contribution in [3.8, 4) is 0 Å². The summed E-state index contributed by atoms with van der Waals surface area (Å²) < 4.78 is 40.0. The van der Waals surface area contributed by atoms with Crippen LogP contribution in [0.5, 0.6) is 0 Å². The number of aryl methyl sites for hydroxylation is 1. The molecule has 0 aromatic carbocycles. The average molecular weight is 263 g/mol. The van der Waals surface area contributed by atoms with Gasteiger partial charge in [0.2, 0.25) is 0 Å². The minimum atomic E-state index is -4.29. The van der Waals surface area contributed by atoms with Crippen LogP contribution < -0.4 is 5.32 Å². The van der Waals surface area contributed by atoms with Gasteiger partial charge >= 0.3 is 6.18 Å². The largest absolute Gasteiger partial charge is 0.411 e. The third kappa shape index (κ3) is 5.42. The van der Waals surface area contributed by atoms with Crippen LogP contribution in [0.4, 0.5) is 13.2 Å². The topological polar surface area (TPSA) is 47.0 Å². The highest BCUT2D eigenvalue weighted by Crippen LogP contribution is 2.14. The van der Waals surface area contributed by atoms with Gasteiger partial charge in [-0.1, -0.05) is 0 Å². The van der Waals surface area contributed by atoms with E-state index >= 15 is 0 Å². The van der Waals surface area contributed by atoms with E-state index < -0.39 is 12.8 Å². The lowest BCUT2D eigenvalue weighted by molar-refractivity contribution is -0.173. The molecule has 1 rings (SSSR count). The van der Waals surface area contributed by atoms with Crippen molar-refractivity contribution in [2.45, 2.75) is 26.1 Å². The number of nitrogens with zero attached hydrogens (tertiary/aromatic N) is 2. The molecule has 1 N–H and O–H groups in total. The summed E-state index contributed by atoms with van der Waals surface area (Å²) in [6.07, 6.45) is -2.35. The van der Waals surface area contributed by atoms with Crippen molar-refractivity contribution in [1.29, 1.82) is 0 Å². The van der Waals surface area contributed by atoms with Crippen molar-refractivity contribution in [2.24, 2.45) is 0 Å². The van der Waals surface area contributed by atoms with Crippen LogP contribution in [0.25, 0.3) is 0 Å². The van der Waals surface area contributed by atoms with Gasteiger partial charge in [-0.2, -0.15) is 13.2 Å². The standard InChI is InChI=1S/C11H16F3N3O/c1-8-5-16-10(17-9(8)6-15-2)3-4-18-7-11(12,13)14/h5,15H,3-4,6-7H2,1-2H3. The van der Waals surface area contributed by atoms with E-state index in [0.717, 1.165) is 11.3 Å². The van der Waals surface area contributed by atoms with Crippen molar-refractivity contribution in [1.82, 2.24) is 15.3 Å². The predicted molar refractivity (Wildman–Crippen MR) is 60.1 cm³/mol. The summed E-state index contributed by atoms with van der Waals surface area (Å²) in [5.41, 5.74) is 1.79. The van der Waals surface area contributed by atoms with Gasteiger partial charge in [0.05, 0.1) is 12.3 Å². The van der Waals surface area contributed by atoms with Gasteiger partial charge in [-0.3, -0.25) is 0 Å². The first kappa shape index (κ1) is 14.8. The van der Waals surface area contributed by atoms with Crippen molar-refractivity contribution in [3.05, 3.63) is 23.3 Å². The average Bonchev–Trinajstić information content (AvgIpc) is 2.28. The number of aromatic nitrogens is 2. The second-order valence-corrected chi connectivity index (χ2v) is 3.86. The summed E-state index contributed by atoms with van der Waals surface area (Å²) in [5, 5.41) is 2.97. The Morgan fingerprint density at radius 2 is 2.11 bits per heavy atom. The molecule has 0 unspecified atom stereocenters. The van der Waals surface area contributed by atoms with Crippen LogP contribution in [0.2, 0.25) is 0 Å². The van der Waals surface area contributed by atoms with Crippen molar-refractivity contribution in [3.63, 3.8) is 0 Å². The number of ether oxygens (including phenoxy) is 1. The Labute approximate surface area is 104 Å². The molecule has 0 radical (unpaired) electrons. The number of alkyl halides is 3. The fraction of sp³-hybridized carbons (Fsp3) is 0.636. The second kappa shape index (κ2) is 6.65. The maximum absolute atomic E-state index is 11.8. The van der Waals surface area contributed by atoms with E-state index in [-0.39, 0.29) is 13.0 Å². The van der Waals surface area contributed by atoms with Crippen molar-refractivity contribution >= 4 is 0 Å². The third-order valence-corrected chi connectivity index (χ3v) is 2.21. The lowest BCUT2D eigenvalue weighted by Gasteiger charge is -2.08. The third-order valence-electron chi connectivity index (χ3n) is 2.21. The molecule has 4 nitrogen and oxygen atoms in total. The zero-order valence-electron chi connectivity index (χ0n) is 10.3. The first-order chi connectivity index (χ1) is 8.42. The van der Waals surface area contributed by atoms with E-state index in [2.05, 4.69) is 20.0 Å². The summed E-state index contributed by atoms with van der Waals surface area (Å²) in [6.45, 7) is 1.21. The van der Waals surface area contributed by atoms with Crippen LogP contribution in [0.15, 0.2) is 6.20 Å². The van der Waals surface area contributed by atoms with Gasteiger partial charge in [-0.25, -0.2) is 9.97 Å². The zero-order valence-corrected chi connectivity index (χ0v) is 10.3. The highest BCUT2D eigenvalue weighted by Gasteiger charge is 2.27. The van der Waals surface area contributed by atoms with E-state index in [0.29, 0.717) is 12.4 Å². The monoisotopic (exact) mass is 263 g/mol. The molecule has 0 aliphatic rings. The molecule has 102 valence electrons. The van der Waals surface area contributed by atoms with Gasteiger partial charge in [0.25, 0.3) is 0 Å². The normalized spacial score (nSPS) is 11.8. The molecule has 0 spiro atoms. The van der Waals surface area contributed by atoms with Gasteiger partial charge in [0.1, 0.15) is 12.4 Å². The van der Waals surface area contributed by atoms with Crippen LogP contribution in [0.1, 0.15) is 17.1 Å². The number of rotatable bonds is 6. The molecule has 0 aliphatic heterocycles. The van der Waals surface area contributed by atoms with Gasteiger partial charge in [0, 0.05) is 19.2 Å². The van der Waals surface area contributed by atoms with E-state index in [1.165, 1.54) is 0 Å². The van der Waals surface area contributed by atoms with Crippen LogP contribution >= 0.6 is 0 Å². The van der Waals surface area contributed by atoms with Crippen LogP contribution in [-0.4, -0.2) is 36.4 Å². The molecule has 1 aromatic rings. The van der Waals surface area contributed by atoms with Gasteiger partial charge < -0.3 is 10.1 Å². The summed E-state index contributed by atoms with van der Waals surface area (Å²) in [4.78, 5) is 8.32. The maximum atomic E-state index is 11.8. The van der Waals surface area contributed by atoms with E-state index in [1.54, 1.807) is 13.2 Å². The Morgan fingerprint density at radius 3 is 2.72 bits per heavy atom. The molecular formula is C11H16F3N3O. The van der Waals surface area contributed by atoms with E-state index in [1.807, 2.05) is 6.92 Å². The SMILES string of the molecule is CNCc1nc(CCOCC(F)(F)F)ncc1C. The molecular weight excluding hydrogens is 247 g/mol. The molecule has 1 heterocycles. The minimum absolute atomic E-state index is 0.0401. The number of halogens is 3. The minimum Gasteiger partial charge on any atom is -0.372 e. The zero-order chi connectivity index (χ0) is 13.6. The fourth-order valence-corrected chi connectivity index (χ4v) is 1.34. The fourth-order valence-electron chi connectivity index (χ4n) is 1.34. The van der Waals surface area contributed by atoms with Crippen molar-refractivity contribution in [2.75, 3.05) is 20.3 Å². The molecule has 0 atom stereocenters. The maximum Gasteiger partial charge on any atom is 0.411 e. The summed E-state index contributed by atoms with van der Waals surface area (Å²) in [6, 6.07) is 0. The van der Waals surface area contributed by atoms with Gasteiger partial charge in [-0.05, 0) is 19.5 Å².